The minimum Gasteiger partial charge on any atom is -0.343 e. The second-order valence-corrected chi connectivity index (χ2v) is 6.23. The van der Waals surface area contributed by atoms with Crippen LogP contribution >= 0.6 is 0 Å². The molecule has 0 saturated heterocycles. The molecule has 0 saturated carbocycles. The van der Waals surface area contributed by atoms with Crippen LogP contribution in [-0.4, -0.2) is 23.4 Å². The fraction of sp³-hybridized carbons (Fsp3) is 0.500. The van der Waals surface area contributed by atoms with Gasteiger partial charge in [0.2, 0.25) is 11.8 Å². The first-order valence-electron chi connectivity index (χ1n) is 7.16. The van der Waals surface area contributed by atoms with Crippen molar-refractivity contribution in [2.75, 3.05) is 5.32 Å². The molecule has 0 aromatic heterocycles. The van der Waals surface area contributed by atoms with E-state index in [0.717, 1.165) is 0 Å². The molecule has 5 heteroatoms. The van der Waals surface area contributed by atoms with E-state index in [2.05, 4.69) is 10.6 Å². The number of benzene rings is 1. The van der Waals surface area contributed by atoms with Crippen LogP contribution in [0.2, 0.25) is 0 Å². The first-order chi connectivity index (χ1) is 9.70. The van der Waals surface area contributed by atoms with Gasteiger partial charge in [-0.25, -0.2) is 0 Å². The van der Waals surface area contributed by atoms with Crippen LogP contribution in [0.1, 0.15) is 34.1 Å². The lowest BCUT2D eigenvalue weighted by Gasteiger charge is -2.25. The van der Waals surface area contributed by atoms with Crippen LogP contribution in [0.25, 0.3) is 0 Å². The highest BCUT2D eigenvalue weighted by atomic mass is 16.2. The standard InChI is InChI=1S/C16H25N3O2/c1-11(2)10-13(19-15(21)16(3,4)17)14(20)18-12-8-6-5-7-9-12/h5-9,11,13H,10,17H2,1-4H3,(H,18,20)(H,19,21). The summed E-state index contributed by atoms with van der Waals surface area (Å²) in [5, 5.41) is 5.54. The molecule has 0 radical (unpaired) electrons. The van der Waals surface area contributed by atoms with Crippen molar-refractivity contribution in [3.05, 3.63) is 30.3 Å². The number of amides is 2. The molecule has 1 rings (SSSR count). The van der Waals surface area contributed by atoms with Gasteiger partial charge < -0.3 is 16.4 Å². The third-order valence-corrected chi connectivity index (χ3v) is 2.96. The molecule has 5 nitrogen and oxygen atoms in total. The van der Waals surface area contributed by atoms with Crippen molar-refractivity contribution < 1.29 is 9.59 Å². The molecule has 0 bridgehead atoms. The average molecular weight is 291 g/mol. The van der Waals surface area contributed by atoms with Gasteiger partial charge in [0, 0.05) is 5.69 Å². The zero-order valence-corrected chi connectivity index (χ0v) is 13.1. The molecule has 0 aliphatic rings. The van der Waals surface area contributed by atoms with Gasteiger partial charge in [-0.15, -0.1) is 0 Å². The van der Waals surface area contributed by atoms with Crippen molar-refractivity contribution in [3.63, 3.8) is 0 Å². The van der Waals surface area contributed by atoms with Gasteiger partial charge in [0.1, 0.15) is 6.04 Å². The van der Waals surface area contributed by atoms with Crippen LogP contribution < -0.4 is 16.4 Å². The Labute approximate surface area is 126 Å². The predicted molar refractivity (Wildman–Crippen MR) is 84.7 cm³/mol. The summed E-state index contributed by atoms with van der Waals surface area (Å²) in [5.41, 5.74) is 5.46. The number of carbonyl (C=O) groups is 2. The summed E-state index contributed by atoms with van der Waals surface area (Å²) in [6.45, 7) is 7.23. The number of rotatable bonds is 6. The van der Waals surface area contributed by atoms with Crippen LogP contribution in [0.5, 0.6) is 0 Å². The maximum atomic E-state index is 12.3. The lowest BCUT2D eigenvalue weighted by molar-refractivity contribution is -0.129. The Balaban J connectivity index is 2.77. The van der Waals surface area contributed by atoms with Crippen LogP contribution in [0.15, 0.2) is 30.3 Å². The molecule has 0 fully saturated rings. The highest BCUT2D eigenvalue weighted by Crippen LogP contribution is 2.11. The second kappa shape index (κ2) is 7.22. The van der Waals surface area contributed by atoms with E-state index in [1.165, 1.54) is 0 Å². The summed E-state index contributed by atoms with van der Waals surface area (Å²) in [6, 6.07) is 8.57. The third-order valence-electron chi connectivity index (χ3n) is 2.96. The van der Waals surface area contributed by atoms with E-state index in [1.807, 2.05) is 32.0 Å². The minimum atomic E-state index is -1.01. The zero-order chi connectivity index (χ0) is 16.0. The van der Waals surface area contributed by atoms with Crippen molar-refractivity contribution >= 4 is 17.5 Å². The van der Waals surface area contributed by atoms with Crippen LogP contribution in [0, 0.1) is 5.92 Å². The van der Waals surface area contributed by atoms with E-state index in [1.54, 1.807) is 26.0 Å². The molecular formula is C16H25N3O2. The summed E-state index contributed by atoms with van der Waals surface area (Å²) in [6.07, 6.45) is 0.556. The number of anilines is 1. The molecule has 1 atom stereocenters. The van der Waals surface area contributed by atoms with Gasteiger partial charge in [0.15, 0.2) is 0 Å². The minimum absolute atomic E-state index is 0.229. The van der Waals surface area contributed by atoms with E-state index >= 15 is 0 Å². The molecule has 0 spiro atoms. The summed E-state index contributed by atoms with van der Waals surface area (Å²) >= 11 is 0. The Morgan fingerprint density at radius 1 is 1.19 bits per heavy atom. The number of carbonyl (C=O) groups excluding carboxylic acids is 2. The molecule has 1 aromatic rings. The molecule has 4 N–H and O–H groups in total. The van der Waals surface area contributed by atoms with Gasteiger partial charge in [-0.3, -0.25) is 9.59 Å². The molecule has 1 unspecified atom stereocenters. The van der Waals surface area contributed by atoms with E-state index < -0.39 is 11.6 Å². The highest BCUT2D eigenvalue weighted by Gasteiger charge is 2.28. The van der Waals surface area contributed by atoms with Gasteiger partial charge >= 0.3 is 0 Å². The Bertz CT molecular complexity index is 478. The van der Waals surface area contributed by atoms with E-state index in [-0.39, 0.29) is 17.7 Å². The maximum Gasteiger partial charge on any atom is 0.246 e. The van der Waals surface area contributed by atoms with Gasteiger partial charge in [-0.05, 0) is 38.3 Å². The van der Waals surface area contributed by atoms with Crippen molar-refractivity contribution in [3.8, 4) is 0 Å². The van der Waals surface area contributed by atoms with Crippen molar-refractivity contribution in [2.24, 2.45) is 11.7 Å². The molecule has 1 aromatic carbocycles. The van der Waals surface area contributed by atoms with E-state index in [9.17, 15) is 9.59 Å². The summed E-state index contributed by atoms with van der Waals surface area (Å²) in [5.74, 6) is -0.290. The number of hydrogen-bond acceptors (Lipinski definition) is 3. The average Bonchev–Trinajstić information content (AvgIpc) is 2.37. The highest BCUT2D eigenvalue weighted by molar-refractivity contribution is 5.98. The van der Waals surface area contributed by atoms with Crippen LogP contribution in [0.3, 0.4) is 0 Å². The van der Waals surface area contributed by atoms with Crippen LogP contribution in [-0.2, 0) is 9.59 Å². The molecule has 0 aliphatic heterocycles. The Morgan fingerprint density at radius 3 is 2.24 bits per heavy atom. The number of hydrogen-bond donors (Lipinski definition) is 3. The largest absolute Gasteiger partial charge is 0.343 e. The van der Waals surface area contributed by atoms with Crippen LogP contribution in [0.4, 0.5) is 5.69 Å². The van der Waals surface area contributed by atoms with Gasteiger partial charge in [0.25, 0.3) is 0 Å². The smallest absolute Gasteiger partial charge is 0.246 e. The Kier molecular flexibility index (Phi) is 5.90. The molecule has 0 heterocycles. The molecular weight excluding hydrogens is 266 g/mol. The SMILES string of the molecule is CC(C)CC(NC(=O)C(C)(C)N)C(=O)Nc1ccccc1. The van der Waals surface area contributed by atoms with E-state index in [4.69, 9.17) is 5.73 Å². The summed E-state index contributed by atoms with van der Waals surface area (Å²) < 4.78 is 0. The summed E-state index contributed by atoms with van der Waals surface area (Å²) in [4.78, 5) is 24.3. The van der Waals surface area contributed by atoms with Crippen molar-refractivity contribution in [2.45, 2.75) is 45.7 Å². The van der Waals surface area contributed by atoms with Gasteiger partial charge in [0.05, 0.1) is 5.54 Å². The molecule has 0 aliphatic carbocycles. The lowest BCUT2D eigenvalue weighted by Crippen LogP contribution is -2.55. The van der Waals surface area contributed by atoms with Crippen molar-refractivity contribution in [1.29, 1.82) is 0 Å². The molecule has 116 valence electrons. The summed E-state index contributed by atoms with van der Waals surface area (Å²) in [7, 11) is 0. The lowest BCUT2D eigenvalue weighted by atomic mass is 10.0. The predicted octanol–water partition coefficient (Wildman–Crippen LogP) is 1.89. The fourth-order valence-corrected chi connectivity index (χ4v) is 1.80. The Morgan fingerprint density at radius 2 is 1.76 bits per heavy atom. The number of para-hydroxylation sites is 1. The normalized spacial score (nSPS) is 12.9. The van der Waals surface area contributed by atoms with Gasteiger partial charge in [-0.2, -0.15) is 0 Å². The fourth-order valence-electron chi connectivity index (χ4n) is 1.80. The van der Waals surface area contributed by atoms with Gasteiger partial charge in [-0.1, -0.05) is 32.0 Å². The first-order valence-corrected chi connectivity index (χ1v) is 7.16. The zero-order valence-electron chi connectivity index (χ0n) is 13.1. The monoisotopic (exact) mass is 291 g/mol. The second-order valence-electron chi connectivity index (χ2n) is 6.23. The number of nitrogens with two attached hydrogens (primary N) is 1. The molecule has 21 heavy (non-hydrogen) atoms. The number of nitrogens with one attached hydrogen (secondary N) is 2. The third kappa shape index (κ3) is 5.95. The maximum absolute atomic E-state index is 12.3. The Hall–Kier alpha value is -1.88. The molecule has 2 amide bonds. The first kappa shape index (κ1) is 17.2. The quantitative estimate of drug-likeness (QED) is 0.748. The van der Waals surface area contributed by atoms with E-state index in [0.29, 0.717) is 12.1 Å². The van der Waals surface area contributed by atoms with Crippen molar-refractivity contribution in [1.82, 2.24) is 5.32 Å². The topological polar surface area (TPSA) is 84.2 Å².